The molecule has 0 aliphatic heterocycles. The average Bonchev–Trinajstić information content (AvgIpc) is 2.43. The standard InChI is InChI=1S/C15H16N2O2/c1-17(2)10-16-14-9-12-7-5-4-6-11(12)8-13(14)15(18)19-3/h4-10H,1-3H3/b16-10+. The van der Waals surface area contributed by atoms with E-state index >= 15 is 0 Å². The maximum atomic E-state index is 11.8. The molecule has 19 heavy (non-hydrogen) atoms. The van der Waals surface area contributed by atoms with Gasteiger partial charge in [-0.15, -0.1) is 0 Å². The molecule has 2 aromatic rings. The fourth-order valence-corrected chi connectivity index (χ4v) is 1.79. The van der Waals surface area contributed by atoms with E-state index in [2.05, 4.69) is 4.99 Å². The molecule has 2 rings (SSSR count). The minimum Gasteiger partial charge on any atom is -0.465 e. The van der Waals surface area contributed by atoms with E-state index in [0.29, 0.717) is 11.3 Å². The van der Waals surface area contributed by atoms with E-state index in [0.717, 1.165) is 10.8 Å². The summed E-state index contributed by atoms with van der Waals surface area (Å²) in [5.74, 6) is -0.378. The number of fused-ring (bicyclic) bond motifs is 1. The summed E-state index contributed by atoms with van der Waals surface area (Å²) in [5, 5.41) is 2.03. The quantitative estimate of drug-likeness (QED) is 0.482. The summed E-state index contributed by atoms with van der Waals surface area (Å²) in [5.41, 5.74) is 1.08. The molecule has 0 heterocycles. The topological polar surface area (TPSA) is 41.9 Å². The van der Waals surface area contributed by atoms with Gasteiger partial charge in [-0.05, 0) is 22.9 Å². The highest BCUT2D eigenvalue weighted by Gasteiger charge is 2.12. The first kappa shape index (κ1) is 13.1. The molecule has 0 atom stereocenters. The summed E-state index contributed by atoms with van der Waals surface area (Å²) in [6.45, 7) is 0. The number of hydrogen-bond acceptors (Lipinski definition) is 3. The highest BCUT2D eigenvalue weighted by atomic mass is 16.5. The molecule has 98 valence electrons. The molecule has 2 aromatic carbocycles. The van der Waals surface area contributed by atoms with Crippen molar-refractivity contribution in [2.45, 2.75) is 0 Å². The predicted octanol–water partition coefficient (Wildman–Crippen LogP) is 2.85. The lowest BCUT2D eigenvalue weighted by atomic mass is 10.1. The monoisotopic (exact) mass is 256 g/mol. The normalized spacial score (nSPS) is 10.9. The maximum absolute atomic E-state index is 11.8. The summed E-state index contributed by atoms with van der Waals surface area (Å²) in [4.78, 5) is 18.0. The fraction of sp³-hybridized carbons (Fsp3) is 0.200. The van der Waals surface area contributed by atoms with Gasteiger partial charge in [-0.1, -0.05) is 24.3 Å². The van der Waals surface area contributed by atoms with Crippen LogP contribution in [0.3, 0.4) is 0 Å². The number of carbonyl (C=O) groups excluding carboxylic acids is 1. The van der Waals surface area contributed by atoms with Crippen LogP contribution in [0.25, 0.3) is 10.8 Å². The van der Waals surface area contributed by atoms with Gasteiger partial charge in [-0.25, -0.2) is 9.79 Å². The second-order valence-electron chi connectivity index (χ2n) is 4.42. The molecule has 0 N–H and O–H groups in total. The Morgan fingerprint density at radius 1 is 1.21 bits per heavy atom. The molecule has 0 amide bonds. The molecular formula is C15H16N2O2. The van der Waals surface area contributed by atoms with E-state index in [-0.39, 0.29) is 5.97 Å². The molecule has 0 aliphatic rings. The Bertz CT molecular complexity index is 633. The van der Waals surface area contributed by atoms with Crippen LogP contribution in [0.4, 0.5) is 5.69 Å². The molecule has 0 radical (unpaired) electrons. The number of aliphatic imine (C=N–C) groups is 1. The van der Waals surface area contributed by atoms with Crippen LogP contribution in [0.2, 0.25) is 0 Å². The fourth-order valence-electron chi connectivity index (χ4n) is 1.79. The second kappa shape index (κ2) is 5.52. The van der Waals surface area contributed by atoms with Crippen LogP contribution < -0.4 is 0 Å². The summed E-state index contributed by atoms with van der Waals surface area (Å²) >= 11 is 0. The van der Waals surface area contributed by atoms with Crippen LogP contribution in [0.5, 0.6) is 0 Å². The highest BCUT2D eigenvalue weighted by molar-refractivity contribution is 6.01. The first-order valence-corrected chi connectivity index (χ1v) is 5.93. The zero-order chi connectivity index (χ0) is 13.8. The summed E-state index contributed by atoms with van der Waals surface area (Å²) in [6, 6.07) is 11.5. The van der Waals surface area contributed by atoms with E-state index in [9.17, 15) is 4.79 Å². The third-order valence-corrected chi connectivity index (χ3v) is 2.70. The molecule has 0 saturated heterocycles. The summed E-state index contributed by atoms with van der Waals surface area (Å²) in [7, 11) is 5.13. The Hall–Kier alpha value is -2.36. The number of hydrogen-bond donors (Lipinski definition) is 0. The number of esters is 1. The Morgan fingerprint density at radius 2 is 1.84 bits per heavy atom. The Kier molecular flexibility index (Phi) is 3.80. The minimum absolute atomic E-state index is 0.378. The van der Waals surface area contributed by atoms with Gasteiger partial charge in [-0.3, -0.25) is 0 Å². The van der Waals surface area contributed by atoms with Crippen molar-refractivity contribution in [3.05, 3.63) is 42.0 Å². The number of nitrogens with zero attached hydrogens (tertiary/aromatic N) is 2. The predicted molar refractivity (Wildman–Crippen MR) is 77.1 cm³/mol. The Balaban J connectivity index is 2.60. The number of ether oxygens (including phenoxy) is 1. The molecule has 0 spiro atoms. The number of carbonyl (C=O) groups is 1. The first-order chi connectivity index (χ1) is 9.11. The third-order valence-electron chi connectivity index (χ3n) is 2.70. The Labute approximate surface area is 112 Å². The van der Waals surface area contributed by atoms with Gasteiger partial charge in [0.05, 0.1) is 24.7 Å². The first-order valence-electron chi connectivity index (χ1n) is 5.93. The minimum atomic E-state index is -0.378. The van der Waals surface area contributed by atoms with Crippen LogP contribution in [-0.4, -0.2) is 38.4 Å². The molecule has 0 fully saturated rings. The molecule has 0 aromatic heterocycles. The average molecular weight is 256 g/mol. The van der Waals surface area contributed by atoms with Crippen molar-refractivity contribution in [2.75, 3.05) is 21.2 Å². The van der Waals surface area contributed by atoms with E-state index < -0.39 is 0 Å². The summed E-state index contributed by atoms with van der Waals surface area (Å²) in [6.07, 6.45) is 1.66. The second-order valence-corrected chi connectivity index (χ2v) is 4.42. The lowest BCUT2D eigenvalue weighted by Crippen LogP contribution is -2.08. The van der Waals surface area contributed by atoms with Crippen LogP contribution in [0.15, 0.2) is 41.4 Å². The van der Waals surface area contributed by atoms with Crippen molar-refractivity contribution in [3.63, 3.8) is 0 Å². The maximum Gasteiger partial charge on any atom is 0.340 e. The van der Waals surface area contributed by atoms with Crippen molar-refractivity contribution in [3.8, 4) is 0 Å². The van der Waals surface area contributed by atoms with Gasteiger partial charge >= 0.3 is 5.97 Å². The Morgan fingerprint density at radius 3 is 2.42 bits per heavy atom. The van der Waals surface area contributed by atoms with Gasteiger partial charge in [0.1, 0.15) is 0 Å². The van der Waals surface area contributed by atoms with Gasteiger partial charge in [0.15, 0.2) is 0 Å². The largest absolute Gasteiger partial charge is 0.465 e. The van der Waals surface area contributed by atoms with Crippen molar-refractivity contribution < 1.29 is 9.53 Å². The van der Waals surface area contributed by atoms with Crippen molar-refractivity contribution in [1.29, 1.82) is 0 Å². The van der Waals surface area contributed by atoms with Crippen LogP contribution >= 0.6 is 0 Å². The lowest BCUT2D eigenvalue weighted by molar-refractivity contribution is 0.0602. The van der Waals surface area contributed by atoms with Gasteiger partial charge < -0.3 is 9.64 Å². The number of benzene rings is 2. The van der Waals surface area contributed by atoms with Crippen LogP contribution in [0.1, 0.15) is 10.4 Å². The zero-order valence-electron chi connectivity index (χ0n) is 11.3. The highest BCUT2D eigenvalue weighted by Crippen LogP contribution is 2.26. The van der Waals surface area contributed by atoms with Crippen LogP contribution in [0, 0.1) is 0 Å². The van der Waals surface area contributed by atoms with E-state index in [1.807, 2.05) is 55.4 Å². The third kappa shape index (κ3) is 2.91. The van der Waals surface area contributed by atoms with Crippen molar-refractivity contribution in [1.82, 2.24) is 4.90 Å². The molecule has 4 nitrogen and oxygen atoms in total. The number of rotatable bonds is 3. The molecule has 0 unspecified atom stereocenters. The number of methoxy groups -OCH3 is 1. The van der Waals surface area contributed by atoms with E-state index in [1.165, 1.54) is 7.11 Å². The molecule has 0 aliphatic carbocycles. The zero-order valence-corrected chi connectivity index (χ0v) is 11.3. The molecular weight excluding hydrogens is 240 g/mol. The van der Waals surface area contributed by atoms with Gasteiger partial charge in [0.2, 0.25) is 0 Å². The summed E-state index contributed by atoms with van der Waals surface area (Å²) < 4.78 is 4.81. The smallest absolute Gasteiger partial charge is 0.340 e. The van der Waals surface area contributed by atoms with Crippen LogP contribution in [-0.2, 0) is 4.74 Å². The molecule has 0 bridgehead atoms. The molecule has 4 heteroatoms. The van der Waals surface area contributed by atoms with Gasteiger partial charge in [0.25, 0.3) is 0 Å². The van der Waals surface area contributed by atoms with E-state index in [1.54, 1.807) is 6.34 Å². The molecule has 0 saturated carbocycles. The lowest BCUT2D eigenvalue weighted by Gasteiger charge is -2.08. The SMILES string of the molecule is COC(=O)c1cc2ccccc2cc1/N=C/N(C)C. The van der Waals surface area contributed by atoms with Gasteiger partial charge in [0, 0.05) is 14.1 Å². The van der Waals surface area contributed by atoms with Gasteiger partial charge in [-0.2, -0.15) is 0 Å². The van der Waals surface area contributed by atoms with Crippen molar-refractivity contribution in [2.24, 2.45) is 4.99 Å². The van der Waals surface area contributed by atoms with Crippen molar-refractivity contribution >= 4 is 28.8 Å². The van der Waals surface area contributed by atoms with E-state index in [4.69, 9.17) is 4.74 Å².